The molecule has 0 aliphatic carbocycles. The maximum absolute atomic E-state index is 11.1. The molecule has 0 spiro atoms. The van der Waals surface area contributed by atoms with Crippen LogP contribution in [0.4, 0.5) is 0 Å². The summed E-state index contributed by atoms with van der Waals surface area (Å²) in [6.07, 6.45) is 3.55. The van der Waals surface area contributed by atoms with Crippen molar-refractivity contribution in [1.29, 1.82) is 0 Å². The number of carbonyl (C=O) groups is 1. The van der Waals surface area contributed by atoms with Crippen molar-refractivity contribution < 1.29 is 28.5 Å². The Labute approximate surface area is 153 Å². The van der Waals surface area contributed by atoms with E-state index in [1.165, 1.54) is 20.0 Å². The van der Waals surface area contributed by atoms with E-state index < -0.39 is 0 Å². The Hall–Kier alpha value is -0.730. The molecule has 0 atom stereocenters. The van der Waals surface area contributed by atoms with E-state index in [4.69, 9.17) is 23.7 Å². The van der Waals surface area contributed by atoms with E-state index in [2.05, 4.69) is 12.2 Å². The molecule has 1 N–H and O–H groups in total. The van der Waals surface area contributed by atoms with E-state index in [-0.39, 0.29) is 12.5 Å². The third kappa shape index (κ3) is 25.6. The SMILES string of the molecule is CC.CCCCCOCCOCCOCCOCCNC(=O)COC. The van der Waals surface area contributed by atoms with E-state index >= 15 is 0 Å². The van der Waals surface area contributed by atoms with E-state index in [0.29, 0.717) is 52.8 Å². The molecular formula is C18H39NO6. The summed E-state index contributed by atoms with van der Waals surface area (Å²) in [5.41, 5.74) is 0. The maximum Gasteiger partial charge on any atom is 0.246 e. The molecule has 0 rings (SSSR count). The van der Waals surface area contributed by atoms with Crippen molar-refractivity contribution in [2.24, 2.45) is 0 Å². The van der Waals surface area contributed by atoms with Gasteiger partial charge in [0.25, 0.3) is 0 Å². The lowest BCUT2D eigenvalue weighted by atomic mass is 10.3. The fraction of sp³-hybridized carbons (Fsp3) is 0.944. The average molecular weight is 366 g/mol. The lowest BCUT2D eigenvalue weighted by Crippen LogP contribution is -2.30. The summed E-state index contributed by atoms with van der Waals surface area (Å²) in [7, 11) is 1.48. The smallest absolute Gasteiger partial charge is 0.246 e. The summed E-state index contributed by atoms with van der Waals surface area (Å²) < 4.78 is 26.2. The number of unbranched alkanes of at least 4 members (excludes halogenated alkanes) is 2. The molecule has 0 aliphatic rings. The van der Waals surface area contributed by atoms with Gasteiger partial charge in [-0.05, 0) is 6.42 Å². The van der Waals surface area contributed by atoms with Gasteiger partial charge in [-0.25, -0.2) is 0 Å². The van der Waals surface area contributed by atoms with Gasteiger partial charge in [-0.2, -0.15) is 0 Å². The summed E-state index contributed by atoms with van der Waals surface area (Å²) in [6.45, 7) is 11.4. The first-order chi connectivity index (χ1) is 12.3. The minimum Gasteiger partial charge on any atom is -0.379 e. The monoisotopic (exact) mass is 365 g/mol. The lowest BCUT2D eigenvalue weighted by Gasteiger charge is -2.08. The van der Waals surface area contributed by atoms with Gasteiger partial charge < -0.3 is 29.0 Å². The molecule has 0 aliphatic heterocycles. The van der Waals surface area contributed by atoms with Gasteiger partial charge in [0, 0.05) is 20.3 Å². The van der Waals surface area contributed by atoms with E-state index in [1.807, 2.05) is 13.8 Å². The Kier molecular flexibility index (Phi) is 27.0. The Bertz CT molecular complexity index is 254. The minimum absolute atomic E-state index is 0.0763. The van der Waals surface area contributed by atoms with Crippen LogP contribution in [0.5, 0.6) is 0 Å². The predicted octanol–water partition coefficient (Wildman–Crippen LogP) is 2.03. The zero-order valence-electron chi connectivity index (χ0n) is 16.6. The second kappa shape index (κ2) is 25.5. The second-order valence-corrected chi connectivity index (χ2v) is 4.94. The normalized spacial score (nSPS) is 10.2. The van der Waals surface area contributed by atoms with Crippen LogP contribution in [-0.2, 0) is 28.5 Å². The molecule has 1 amide bonds. The number of hydrogen-bond donors (Lipinski definition) is 1. The fourth-order valence-electron chi connectivity index (χ4n) is 1.66. The summed E-state index contributed by atoms with van der Waals surface area (Å²) in [5, 5.41) is 2.67. The molecule has 25 heavy (non-hydrogen) atoms. The number of amides is 1. The van der Waals surface area contributed by atoms with Crippen molar-refractivity contribution in [3.05, 3.63) is 0 Å². The minimum atomic E-state index is -0.140. The van der Waals surface area contributed by atoms with Crippen LogP contribution in [0, 0.1) is 0 Å². The van der Waals surface area contributed by atoms with Crippen molar-refractivity contribution in [2.45, 2.75) is 40.0 Å². The quantitative estimate of drug-likeness (QED) is 0.375. The van der Waals surface area contributed by atoms with Gasteiger partial charge in [0.05, 0.1) is 46.2 Å². The highest BCUT2D eigenvalue weighted by Gasteiger charge is 1.98. The average Bonchev–Trinajstić information content (AvgIpc) is 2.63. The van der Waals surface area contributed by atoms with Crippen LogP contribution in [-0.4, -0.2) is 79.0 Å². The van der Waals surface area contributed by atoms with Gasteiger partial charge in [0.1, 0.15) is 6.61 Å². The Morgan fingerprint density at radius 2 is 1.24 bits per heavy atom. The van der Waals surface area contributed by atoms with Crippen molar-refractivity contribution in [3.8, 4) is 0 Å². The zero-order chi connectivity index (χ0) is 19.0. The topological polar surface area (TPSA) is 75.3 Å². The fourth-order valence-corrected chi connectivity index (χ4v) is 1.66. The van der Waals surface area contributed by atoms with Crippen LogP contribution < -0.4 is 5.32 Å². The highest BCUT2D eigenvalue weighted by molar-refractivity contribution is 5.77. The molecule has 7 nitrogen and oxygen atoms in total. The first-order valence-electron chi connectivity index (χ1n) is 9.37. The summed E-state index contributed by atoms with van der Waals surface area (Å²) >= 11 is 0. The van der Waals surface area contributed by atoms with Gasteiger partial charge in [0.15, 0.2) is 0 Å². The number of ether oxygens (including phenoxy) is 5. The van der Waals surface area contributed by atoms with Crippen LogP contribution in [0.3, 0.4) is 0 Å². The molecule has 7 heteroatoms. The molecule has 0 saturated heterocycles. The molecule has 0 aromatic carbocycles. The summed E-state index contributed by atoms with van der Waals surface area (Å²) in [4.78, 5) is 11.1. The zero-order valence-corrected chi connectivity index (χ0v) is 16.6. The van der Waals surface area contributed by atoms with Crippen LogP contribution in [0.1, 0.15) is 40.0 Å². The molecular weight excluding hydrogens is 326 g/mol. The van der Waals surface area contributed by atoms with Crippen LogP contribution >= 0.6 is 0 Å². The molecule has 152 valence electrons. The molecule has 0 radical (unpaired) electrons. The third-order valence-corrected chi connectivity index (χ3v) is 2.85. The van der Waals surface area contributed by atoms with Crippen molar-refractivity contribution >= 4 is 5.91 Å². The largest absolute Gasteiger partial charge is 0.379 e. The molecule has 0 saturated carbocycles. The molecule has 0 fully saturated rings. The first kappa shape index (κ1) is 26.5. The highest BCUT2D eigenvalue weighted by atomic mass is 16.6. The predicted molar refractivity (Wildman–Crippen MR) is 99.0 cm³/mol. The van der Waals surface area contributed by atoms with Crippen LogP contribution in [0.2, 0.25) is 0 Å². The van der Waals surface area contributed by atoms with Gasteiger partial charge in [-0.15, -0.1) is 0 Å². The highest BCUT2D eigenvalue weighted by Crippen LogP contribution is 1.93. The summed E-state index contributed by atoms with van der Waals surface area (Å²) in [5.74, 6) is -0.140. The molecule has 0 bridgehead atoms. The Morgan fingerprint density at radius 1 is 0.760 bits per heavy atom. The summed E-state index contributed by atoms with van der Waals surface area (Å²) in [6, 6.07) is 0. The van der Waals surface area contributed by atoms with E-state index in [0.717, 1.165) is 13.0 Å². The first-order valence-corrected chi connectivity index (χ1v) is 9.37. The van der Waals surface area contributed by atoms with E-state index in [9.17, 15) is 4.79 Å². The van der Waals surface area contributed by atoms with Crippen molar-refractivity contribution in [1.82, 2.24) is 5.32 Å². The number of rotatable bonds is 18. The van der Waals surface area contributed by atoms with Gasteiger partial charge in [0.2, 0.25) is 5.91 Å². The number of methoxy groups -OCH3 is 1. The van der Waals surface area contributed by atoms with Gasteiger partial charge >= 0.3 is 0 Å². The molecule has 0 heterocycles. The van der Waals surface area contributed by atoms with Crippen LogP contribution in [0.15, 0.2) is 0 Å². The lowest BCUT2D eigenvalue weighted by molar-refractivity contribution is -0.125. The Morgan fingerprint density at radius 3 is 1.72 bits per heavy atom. The third-order valence-electron chi connectivity index (χ3n) is 2.85. The Balaban J connectivity index is 0. The molecule has 0 unspecified atom stereocenters. The second-order valence-electron chi connectivity index (χ2n) is 4.94. The van der Waals surface area contributed by atoms with Gasteiger partial charge in [-0.1, -0.05) is 33.6 Å². The molecule has 0 aromatic heterocycles. The maximum atomic E-state index is 11.1. The van der Waals surface area contributed by atoms with Crippen LogP contribution in [0.25, 0.3) is 0 Å². The number of hydrogen-bond acceptors (Lipinski definition) is 6. The van der Waals surface area contributed by atoms with E-state index in [1.54, 1.807) is 0 Å². The number of nitrogens with one attached hydrogen (secondary N) is 1. The molecule has 0 aromatic rings. The standard InChI is InChI=1S/C16H33NO6.C2H6/c1-3-4-5-7-20-9-11-22-13-14-23-12-10-21-8-6-17-16(18)15-19-2;1-2/h3-15H2,1-2H3,(H,17,18);1-2H3. The number of carbonyl (C=O) groups excluding carboxylic acids is 1. The van der Waals surface area contributed by atoms with Crippen molar-refractivity contribution in [2.75, 3.05) is 73.1 Å². The van der Waals surface area contributed by atoms with Gasteiger partial charge in [-0.3, -0.25) is 4.79 Å². The van der Waals surface area contributed by atoms with Crippen molar-refractivity contribution in [3.63, 3.8) is 0 Å².